The van der Waals surface area contributed by atoms with Crippen LogP contribution >= 0.6 is 11.6 Å². The molecule has 0 aromatic carbocycles. The molecule has 17 heavy (non-hydrogen) atoms. The van der Waals surface area contributed by atoms with Crippen molar-refractivity contribution >= 4 is 11.6 Å². The zero-order chi connectivity index (χ0) is 12.1. The number of halogens is 1. The fourth-order valence-corrected chi connectivity index (χ4v) is 2.89. The van der Waals surface area contributed by atoms with E-state index in [9.17, 15) is 0 Å². The molecular weight excluding hydrogens is 234 g/mol. The maximum atomic E-state index is 5.76. The molecule has 0 saturated heterocycles. The molecule has 0 aliphatic heterocycles. The molecule has 1 aliphatic rings. The standard InChI is InChI=1S/C13H20ClN3/c14-8-2-7-12(17-15)11-6-1-4-10-5-3-9-16-13(10)11/h3,5,9,11-12,17H,1-2,4,6-8,15H2. The van der Waals surface area contributed by atoms with Gasteiger partial charge in [0.15, 0.2) is 0 Å². The highest BCUT2D eigenvalue weighted by molar-refractivity contribution is 6.17. The third-order valence-corrected chi connectivity index (χ3v) is 3.85. The molecule has 1 heterocycles. The van der Waals surface area contributed by atoms with Gasteiger partial charge in [-0.2, -0.15) is 0 Å². The van der Waals surface area contributed by atoms with E-state index in [1.807, 2.05) is 12.3 Å². The van der Waals surface area contributed by atoms with Gasteiger partial charge < -0.3 is 0 Å². The van der Waals surface area contributed by atoms with E-state index in [0.29, 0.717) is 17.8 Å². The van der Waals surface area contributed by atoms with E-state index < -0.39 is 0 Å². The van der Waals surface area contributed by atoms with Gasteiger partial charge in [-0.1, -0.05) is 6.07 Å². The van der Waals surface area contributed by atoms with E-state index in [4.69, 9.17) is 17.4 Å². The van der Waals surface area contributed by atoms with Crippen LogP contribution in [0.15, 0.2) is 18.3 Å². The number of hydrogen-bond acceptors (Lipinski definition) is 3. The second-order valence-corrected chi connectivity index (χ2v) is 5.03. The van der Waals surface area contributed by atoms with Crippen LogP contribution in [0.2, 0.25) is 0 Å². The molecule has 1 aromatic rings. The van der Waals surface area contributed by atoms with E-state index in [0.717, 1.165) is 19.3 Å². The number of fused-ring (bicyclic) bond motifs is 1. The summed E-state index contributed by atoms with van der Waals surface area (Å²) in [5.74, 6) is 6.81. The molecular formula is C13H20ClN3. The minimum Gasteiger partial charge on any atom is -0.271 e. The average Bonchev–Trinajstić information content (AvgIpc) is 2.40. The molecule has 3 N–H and O–H groups in total. The van der Waals surface area contributed by atoms with E-state index in [1.165, 1.54) is 24.1 Å². The molecule has 94 valence electrons. The zero-order valence-corrected chi connectivity index (χ0v) is 10.8. The fraction of sp³-hybridized carbons (Fsp3) is 0.615. The van der Waals surface area contributed by atoms with Crippen molar-refractivity contribution in [3.05, 3.63) is 29.6 Å². The normalized spacial score (nSPS) is 20.9. The number of hydrazine groups is 1. The minimum absolute atomic E-state index is 0.294. The highest BCUT2D eigenvalue weighted by Gasteiger charge is 2.27. The van der Waals surface area contributed by atoms with Crippen molar-refractivity contribution in [1.29, 1.82) is 0 Å². The van der Waals surface area contributed by atoms with Crippen LogP contribution in [0, 0.1) is 0 Å². The van der Waals surface area contributed by atoms with Crippen LogP contribution in [-0.4, -0.2) is 16.9 Å². The molecule has 0 amide bonds. The van der Waals surface area contributed by atoms with Gasteiger partial charge in [0.05, 0.1) is 0 Å². The zero-order valence-electron chi connectivity index (χ0n) is 10.0. The largest absolute Gasteiger partial charge is 0.271 e. The summed E-state index contributed by atoms with van der Waals surface area (Å²) in [5, 5.41) is 0. The van der Waals surface area contributed by atoms with Gasteiger partial charge >= 0.3 is 0 Å². The van der Waals surface area contributed by atoms with Gasteiger partial charge in [-0.3, -0.25) is 16.3 Å². The van der Waals surface area contributed by atoms with Gasteiger partial charge in [0.25, 0.3) is 0 Å². The summed E-state index contributed by atoms with van der Waals surface area (Å²) in [7, 11) is 0. The molecule has 1 aliphatic carbocycles. The Morgan fingerprint density at radius 2 is 2.47 bits per heavy atom. The molecule has 0 radical (unpaired) electrons. The van der Waals surface area contributed by atoms with E-state index in [-0.39, 0.29) is 0 Å². The summed E-state index contributed by atoms with van der Waals surface area (Å²) in [4.78, 5) is 4.55. The van der Waals surface area contributed by atoms with Gasteiger partial charge in [0, 0.05) is 29.7 Å². The molecule has 2 unspecified atom stereocenters. The van der Waals surface area contributed by atoms with Gasteiger partial charge in [-0.05, 0) is 43.7 Å². The second-order valence-electron chi connectivity index (χ2n) is 4.65. The highest BCUT2D eigenvalue weighted by atomic mass is 35.5. The number of nitrogens with one attached hydrogen (secondary N) is 1. The van der Waals surface area contributed by atoms with Gasteiger partial charge in [0.1, 0.15) is 0 Å². The Bertz CT molecular complexity index is 356. The maximum Gasteiger partial charge on any atom is 0.0482 e. The molecule has 4 heteroatoms. The third-order valence-electron chi connectivity index (χ3n) is 3.59. The number of nitrogens with two attached hydrogens (primary N) is 1. The van der Waals surface area contributed by atoms with E-state index in [1.54, 1.807) is 0 Å². The Labute approximate surface area is 108 Å². The first kappa shape index (κ1) is 12.8. The average molecular weight is 254 g/mol. The molecule has 3 nitrogen and oxygen atoms in total. The lowest BCUT2D eigenvalue weighted by atomic mass is 9.81. The molecule has 0 saturated carbocycles. The Hall–Kier alpha value is -0.640. The van der Waals surface area contributed by atoms with Crippen molar-refractivity contribution in [3.8, 4) is 0 Å². The first-order valence-electron chi connectivity index (χ1n) is 6.32. The number of hydrogen-bond donors (Lipinski definition) is 2. The number of nitrogens with zero attached hydrogens (tertiary/aromatic N) is 1. The second kappa shape index (κ2) is 6.34. The van der Waals surface area contributed by atoms with Crippen molar-refractivity contribution in [2.24, 2.45) is 5.84 Å². The lowest BCUT2D eigenvalue weighted by Gasteiger charge is -2.30. The van der Waals surface area contributed by atoms with Crippen LogP contribution in [0.1, 0.15) is 42.9 Å². The number of pyridine rings is 1. The van der Waals surface area contributed by atoms with Gasteiger partial charge in [-0.15, -0.1) is 11.6 Å². The number of aryl methyl sites for hydroxylation is 1. The maximum absolute atomic E-state index is 5.76. The molecule has 2 atom stereocenters. The highest BCUT2D eigenvalue weighted by Crippen LogP contribution is 2.33. The predicted molar refractivity (Wildman–Crippen MR) is 71.0 cm³/mol. The third kappa shape index (κ3) is 2.97. The van der Waals surface area contributed by atoms with Crippen LogP contribution in [-0.2, 0) is 6.42 Å². The smallest absolute Gasteiger partial charge is 0.0482 e. The molecule has 0 bridgehead atoms. The van der Waals surface area contributed by atoms with Crippen molar-refractivity contribution in [2.45, 2.75) is 44.1 Å². The number of rotatable bonds is 5. The van der Waals surface area contributed by atoms with Crippen molar-refractivity contribution in [1.82, 2.24) is 10.4 Å². The van der Waals surface area contributed by atoms with Gasteiger partial charge in [0.2, 0.25) is 0 Å². The molecule has 2 rings (SSSR count). The summed E-state index contributed by atoms with van der Waals surface area (Å²) >= 11 is 5.76. The Kier molecular flexibility index (Phi) is 4.77. The summed E-state index contributed by atoms with van der Waals surface area (Å²) in [5.41, 5.74) is 5.57. The number of alkyl halides is 1. The number of aromatic nitrogens is 1. The summed E-state index contributed by atoms with van der Waals surface area (Å²) in [6.45, 7) is 0. The predicted octanol–water partition coefficient (Wildman–Crippen LogP) is 2.35. The van der Waals surface area contributed by atoms with Crippen LogP contribution in [0.5, 0.6) is 0 Å². The molecule has 0 spiro atoms. The quantitative estimate of drug-likeness (QED) is 0.481. The summed E-state index contributed by atoms with van der Waals surface area (Å²) in [6, 6.07) is 4.50. The van der Waals surface area contributed by atoms with Crippen LogP contribution < -0.4 is 11.3 Å². The fourth-order valence-electron chi connectivity index (χ4n) is 2.73. The first-order valence-corrected chi connectivity index (χ1v) is 6.86. The summed E-state index contributed by atoms with van der Waals surface area (Å²) in [6.07, 6.45) is 7.43. The van der Waals surface area contributed by atoms with Crippen molar-refractivity contribution < 1.29 is 0 Å². The minimum atomic E-state index is 0.294. The lowest BCUT2D eigenvalue weighted by molar-refractivity contribution is 0.369. The Morgan fingerprint density at radius 3 is 3.24 bits per heavy atom. The monoisotopic (exact) mass is 253 g/mol. The lowest BCUT2D eigenvalue weighted by Crippen LogP contribution is -2.41. The van der Waals surface area contributed by atoms with Crippen LogP contribution in [0.4, 0.5) is 0 Å². The SMILES string of the molecule is NNC(CCCCl)C1CCCc2cccnc21. The van der Waals surface area contributed by atoms with Crippen molar-refractivity contribution in [3.63, 3.8) is 0 Å². The molecule has 0 fully saturated rings. The topological polar surface area (TPSA) is 50.9 Å². The van der Waals surface area contributed by atoms with Crippen LogP contribution in [0.25, 0.3) is 0 Å². The molecule has 1 aromatic heterocycles. The Morgan fingerprint density at radius 1 is 1.59 bits per heavy atom. The van der Waals surface area contributed by atoms with Crippen LogP contribution in [0.3, 0.4) is 0 Å². The van der Waals surface area contributed by atoms with Crippen molar-refractivity contribution in [2.75, 3.05) is 5.88 Å². The summed E-state index contributed by atoms with van der Waals surface area (Å²) < 4.78 is 0. The Balaban J connectivity index is 2.15. The van der Waals surface area contributed by atoms with E-state index in [2.05, 4.69) is 16.5 Å². The first-order chi connectivity index (χ1) is 8.36. The van der Waals surface area contributed by atoms with E-state index >= 15 is 0 Å². The van der Waals surface area contributed by atoms with Gasteiger partial charge in [-0.25, -0.2) is 0 Å².